The summed E-state index contributed by atoms with van der Waals surface area (Å²) < 4.78 is 18.5. The lowest BCUT2D eigenvalue weighted by Gasteiger charge is -2.12. The van der Waals surface area contributed by atoms with Gasteiger partial charge in [0.1, 0.15) is 0 Å². The van der Waals surface area contributed by atoms with Crippen LogP contribution in [0.15, 0.2) is 18.2 Å². The minimum absolute atomic E-state index is 0.393. The van der Waals surface area contributed by atoms with Crippen molar-refractivity contribution in [3.05, 3.63) is 34.9 Å². The maximum atomic E-state index is 13.5. The summed E-state index contributed by atoms with van der Waals surface area (Å²) in [5, 5.41) is 0. The van der Waals surface area contributed by atoms with Gasteiger partial charge in [-0.15, -0.1) is 0 Å². The molecule has 0 aliphatic carbocycles. The molecule has 1 unspecified atom stereocenters. The molecule has 1 aliphatic heterocycles. The molecule has 0 aromatic heterocycles. The Bertz CT molecular complexity index is 319. The van der Waals surface area contributed by atoms with Gasteiger partial charge in [0.05, 0.1) is 6.61 Å². The molecular formula is C14H23FO. The molecule has 0 spiro atoms. The first kappa shape index (κ1) is 15.1. The molecule has 1 aromatic carbocycles. The first-order chi connectivity index (χ1) is 7.59. The van der Waals surface area contributed by atoms with Gasteiger partial charge in [0.25, 0.3) is 0 Å². The first-order valence-corrected chi connectivity index (χ1v) is 6.02. The van der Waals surface area contributed by atoms with E-state index in [4.69, 9.17) is 4.74 Å². The van der Waals surface area contributed by atoms with Crippen LogP contribution in [0.4, 0.5) is 4.39 Å². The molecule has 2 rings (SSSR count). The van der Waals surface area contributed by atoms with E-state index >= 15 is 0 Å². The van der Waals surface area contributed by atoms with Crippen LogP contribution in [0.1, 0.15) is 51.3 Å². The van der Waals surface area contributed by atoms with E-state index in [9.17, 15) is 4.39 Å². The van der Waals surface area contributed by atoms with Crippen molar-refractivity contribution in [1.29, 1.82) is 0 Å². The molecular weight excluding hydrogens is 203 g/mol. The molecule has 2 heteroatoms. The second kappa shape index (κ2) is 6.64. The van der Waals surface area contributed by atoms with Crippen molar-refractivity contribution < 1.29 is 9.13 Å². The third-order valence-electron chi connectivity index (χ3n) is 2.24. The molecule has 1 aliphatic rings. The Balaban J connectivity index is 0.000000509. The summed E-state index contributed by atoms with van der Waals surface area (Å²) >= 11 is 0. The van der Waals surface area contributed by atoms with Crippen molar-refractivity contribution in [2.24, 2.45) is 0 Å². The van der Waals surface area contributed by atoms with E-state index < -0.39 is 5.85 Å². The lowest BCUT2D eigenvalue weighted by molar-refractivity contribution is -0.126. The van der Waals surface area contributed by atoms with Gasteiger partial charge in [-0.25, -0.2) is 4.39 Å². The van der Waals surface area contributed by atoms with Gasteiger partial charge in [0.2, 0.25) is 5.85 Å². The van der Waals surface area contributed by atoms with E-state index in [0.717, 1.165) is 11.1 Å². The lowest BCUT2D eigenvalue weighted by Crippen LogP contribution is -2.12. The smallest absolute Gasteiger partial charge is 0.233 e. The fourth-order valence-electron chi connectivity index (χ4n) is 1.57. The second-order valence-electron chi connectivity index (χ2n) is 3.37. The van der Waals surface area contributed by atoms with Crippen LogP contribution >= 0.6 is 0 Å². The van der Waals surface area contributed by atoms with Crippen LogP contribution in [0, 0.1) is 6.92 Å². The van der Waals surface area contributed by atoms with Crippen molar-refractivity contribution in [3.8, 4) is 0 Å². The Morgan fingerprint density at radius 2 is 1.75 bits per heavy atom. The molecule has 0 N–H and O–H groups in total. The zero-order valence-corrected chi connectivity index (χ0v) is 11.2. The zero-order valence-electron chi connectivity index (χ0n) is 11.2. The highest BCUT2D eigenvalue weighted by atomic mass is 19.2. The van der Waals surface area contributed by atoms with Gasteiger partial charge in [-0.3, -0.25) is 0 Å². The van der Waals surface area contributed by atoms with Gasteiger partial charge in [0, 0.05) is 5.56 Å². The van der Waals surface area contributed by atoms with Crippen LogP contribution in [0.5, 0.6) is 0 Å². The van der Waals surface area contributed by atoms with Gasteiger partial charge in [0.15, 0.2) is 0 Å². The van der Waals surface area contributed by atoms with Crippen molar-refractivity contribution in [2.45, 2.75) is 54.0 Å². The van der Waals surface area contributed by atoms with Crippen LogP contribution in [-0.2, 0) is 17.2 Å². The molecule has 0 fully saturated rings. The fraction of sp³-hybridized carbons (Fsp3) is 0.571. The summed E-state index contributed by atoms with van der Waals surface area (Å²) in [6, 6.07) is 5.68. The molecule has 0 radical (unpaired) electrons. The quantitative estimate of drug-likeness (QED) is 0.622. The van der Waals surface area contributed by atoms with Crippen LogP contribution < -0.4 is 0 Å². The van der Waals surface area contributed by atoms with E-state index in [1.165, 1.54) is 6.92 Å². The SMILES string of the molecule is CC.CC.Cc1ccc2c(c1)COC2(C)F. The number of ether oxygens (including phenoxy) is 1. The molecule has 0 bridgehead atoms. The van der Waals surface area contributed by atoms with E-state index in [0.29, 0.717) is 12.2 Å². The van der Waals surface area contributed by atoms with Crippen molar-refractivity contribution in [3.63, 3.8) is 0 Å². The number of aryl methyl sites for hydroxylation is 1. The average molecular weight is 226 g/mol. The third kappa shape index (κ3) is 3.31. The van der Waals surface area contributed by atoms with Gasteiger partial charge in [-0.2, -0.15) is 0 Å². The predicted molar refractivity (Wildman–Crippen MR) is 67.1 cm³/mol. The topological polar surface area (TPSA) is 9.23 Å². The number of halogens is 1. The monoisotopic (exact) mass is 226 g/mol. The normalized spacial score (nSPS) is 21.2. The minimum Gasteiger partial charge on any atom is -0.338 e. The summed E-state index contributed by atoms with van der Waals surface area (Å²) in [5.41, 5.74) is 2.79. The molecule has 16 heavy (non-hydrogen) atoms. The number of rotatable bonds is 0. The molecule has 0 saturated carbocycles. The molecule has 0 saturated heterocycles. The van der Waals surface area contributed by atoms with Crippen molar-refractivity contribution in [1.82, 2.24) is 0 Å². The van der Waals surface area contributed by atoms with Crippen LogP contribution in [0.25, 0.3) is 0 Å². The van der Waals surface area contributed by atoms with Crippen molar-refractivity contribution in [2.75, 3.05) is 0 Å². The van der Waals surface area contributed by atoms with Gasteiger partial charge in [-0.05, 0) is 19.4 Å². The Morgan fingerprint density at radius 3 is 2.31 bits per heavy atom. The summed E-state index contributed by atoms with van der Waals surface area (Å²) in [7, 11) is 0. The number of benzene rings is 1. The average Bonchev–Trinajstić information content (AvgIpc) is 2.60. The molecule has 1 heterocycles. The largest absolute Gasteiger partial charge is 0.338 e. The lowest BCUT2D eigenvalue weighted by atomic mass is 10.0. The highest BCUT2D eigenvalue weighted by Crippen LogP contribution is 2.37. The predicted octanol–water partition coefficient (Wildman–Crippen LogP) is 4.72. The van der Waals surface area contributed by atoms with Crippen LogP contribution in [0.2, 0.25) is 0 Å². The molecule has 1 atom stereocenters. The van der Waals surface area contributed by atoms with E-state index in [2.05, 4.69) is 0 Å². The highest BCUT2D eigenvalue weighted by Gasteiger charge is 2.34. The second-order valence-corrected chi connectivity index (χ2v) is 3.37. The van der Waals surface area contributed by atoms with Gasteiger partial charge in [-0.1, -0.05) is 51.5 Å². The first-order valence-electron chi connectivity index (χ1n) is 6.02. The molecule has 92 valence electrons. The maximum Gasteiger partial charge on any atom is 0.233 e. The molecule has 0 amide bonds. The number of fused-ring (bicyclic) bond motifs is 1. The number of hydrogen-bond donors (Lipinski definition) is 0. The maximum absolute atomic E-state index is 13.5. The van der Waals surface area contributed by atoms with Gasteiger partial charge >= 0.3 is 0 Å². The van der Waals surface area contributed by atoms with Crippen molar-refractivity contribution >= 4 is 0 Å². The summed E-state index contributed by atoms with van der Waals surface area (Å²) in [6.07, 6.45) is 0. The summed E-state index contributed by atoms with van der Waals surface area (Å²) in [4.78, 5) is 0. The van der Waals surface area contributed by atoms with Gasteiger partial charge < -0.3 is 4.74 Å². The van der Waals surface area contributed by atoms with E-state index in [1.807, 2.05) is 46.8 Å². The minimum atomic E-state index is -1.58. The summed E-state index contributed by atoms with van der Waals surface area (Å²) in [5.74, 6) is -1.58. The number of hydrogen-bond acceptors (Lipinski definition) is 1. The Kier molecular flexibility index (Phi) is 6.27. The fourth-order valence-corrected chi connectivity index (χ4v) is 1.57. The Labute approximate surface area is 98.6 Å². The standard InChI is InChI=1S/C10H11FO.2C2H6/c1-7-3-4-9-8(5-7)6-12-10(9,2)11;2*1-2/h3-5H,6H2,1-2H3;2*1-2H3. The summed E-state index contributed by atoms with van der Waals surface area (Å²) in [6.45, 7) is 11.8. The third-order valence-corrected chi connectivity index (χ3v) is 2.24. The zero-order chi connectivity index (χ0) is 12.8. The van der Waals surface area contributed by atoms with E-state index in [1.54, 1.807) is 6.07 Å². The molecule has 1 aromatic rings. The Morgan fingerprint density at radius 1 is 1.19 bits per heavy atom. The highest BCUT2D eigenvalue weighted by molar-refractivity contribution is 5.36. The van der Waals surface area contributed by atoms with Crippen LogP contribution in [-0.4, -0.2) is 0 Å². The number of alkyl halides is 1. The van der Waals surface area contributed by atoms with E-state index in [-0.39, 0.29) is 0 Å². The van der Waals surface area contributed by atoms with Crippen LogP contribution in [0.3, 0.4) is 0 Å². The Hall–Kier alpha value is -0.890. The molecule has 1 nitrogen and oxygen atoms in total.